The molecule has 0 atom stereocenters. The highest BCUT2D eigenvalue weighted by atomic mass is 15.3. The average molecular weight is 208 g/mol. The minimum absolute atomic E-state index is 0.443. The fourth-order valence-corrected chi connectivity index (χ4v) is 2.14. The molecule has 1 fully saturated rings. The standard InChI is InChI=1S/C11H20N4/c1-3-5-15-10(13-9-14-15)6-11(4-2)7-12-8-11/h9,12H,3-8H2,1-2H3. The Hall–Kier alpha value is -0.900. The molecule has 0 aliphatic carbocycles. The van der Waals surface area contributed by atoms with Crippen LogP contribution in [0.15, 0.2) is 6.33 Å². The molecular weight excluding hydrogens is 188 g/mol. The normalized spacial score (nSPS) is 18.8. The van der Waals surface area contributed by atoms with Crippen LogP contribution in [0.5, 0.6) is 0 Å². The molecule has 0 amide bonds. The van der Waals surface area contributed by atoms with Gasteiger partial charge in [0, 0.05) is 31.5 Å². The van der Waals surface area contributed by atoms with Gasteiger partial charge in [0.25, 0.3) is 0 Å². The van der Waals surface area contributed by atoms with Gasteiger partial charge in [0.15, 0.2) is 0 Å². The molecule has 15 heavy (non-hydrogen) atoms. The first-order chi connectivity index (χ1) is 7.29. The van der Waals surface area contributed by atoms with Crippen molar-refractivity contribution in [2.75, 3.05) is 13.1 Å². The molecule has 4 nitrogen and oxygen atoms in total. The lowest BCUT2D eigenvalue weighted by molar-refractivity contribution is 0.154. The van der Waals surface area contributed by atoms with E-state index in [1.165, 1.54) is 6.42 Å². The molecule has 1 aliphatic heterocycles. The third-order valence-electron chi connectivity index (χ3n) is 3.41. The molecule has 0 unspecified atom stereocenters. The highest BCUT2D eigenvalue weighted by Crippen LogP contribution is 2.30. The van der Waals surface area contributed by atoms with Gasteiger partial charge in [-0.2, -0.15) is 5.10 Å². The van der Waals surface area contributed by atoms with E-state index in [-0.39, 0.29) is 0 Å². The van der Waals surface area contributed by atoms with Crippen molar-refractivity contribution in [1.82, 2.24) is 20.1 Å². The van der Waals surface area contributed by atoms with E-state index >= 15 is 0 Å². The van der Waals surface area contributed by atoms with Gasteiger partial charge in [-0.05, 0) is 12.8 Å². The molecular formula is C11H20N4. The minimum Gasteiger partial charge on any atom is -0.316 e. The van der Waals surface area contributed by atoms with Crippen molar-refractivity contribution in [3.63, 3.8) is 0 Å². The van der Waals surface area contributed by atoms with E-state index in [9.17, 15) is 0 Å². The van der Waals surface area contributed by atoms with Crippen LogP contribution in [-0.2, 0) is 13.0 Å². The zero-order valence-electron chi connectivity index (χ0n) is 9.66. The van der Waals surface area contributed by atoms with Crippen LogP contribution in [0.1, 0.15) is 32.5 Å². The van der Waals surface area contributed by atoms with E-state index in [2.05, 4.69) is 33.9 Å². The predicted octanol–water partition coefficient (Wildman–Crippen LogP) is 1.23. The number of rotatable bonds is 5. The van der Waals surface area contributed by atoms with E-state index in [1.807, 2.05) is 0 Å². The van der Waals surface area contributed by atoms with Crippen molar-refractivity contribution in [2.45, 2.75) is 39.7 Å². The van der Waals surface area contributed by atoms with Crippen molar-refractivity contribution < 1.29 is 0 Å². The molecule has 1 N–H and O–H groups in total. The summed E-state index contributed by atoms with van der Waals surface area (Å²) in [5.41, 5.74) is 0.443. The first-order valence-corrected chi connectivity index (χ1v) is 5.87. The number of aromatic nitrogens is 3. The zero-order valence-corrected chi connectivity index (χ0v) is 9.66. The van der Waals surface area contributed by atoms with Gasteiger partial charge in [-0.25, -0.2) is 4.98 Å². The summed E-state index contributed by atoms with van der Waals surface area (Å²) in [6, 6.07) is 0. The SMILES string of the molecule is CCCn1ncnc1CC1(CC)CNC1. The topological polar surface area (TPSA) is 42.7 Å². The Morgan fingerprint density at radius 2 is 2.27 bits per heavy atom. The average Bonchev–Trinajstić information content (AvgIpc) is 2.60. The molecule has 1 saturated heterocycles. The zero-order chi connectivity index (χ0) is 10.7. The monoisotopic (exact) mass is 208 g/mol. The number of nitrogens with one attached hydrogen (secondary N) is 1. The Morgan fingerprint density at radius 3 is 2.80 bits per heavy atom. The van der Waals surface area contributed by atoms with E-state index in [1.54, 1.807) is 6.33 Å². The van der Waals surface area contributed by atoms with Crippen LogP contribution in [0, 0.1) is 5.41 Å². The number of nitrogens with zero attached hydrogens (tertiary/aromatic N) is 3. The van der Waals surface area contributed by atoms with E-state index in [0.717, 1.165) is 38.3 Å². The second-order valence-corrected chi connectivity index (χ2v) is 4.53. The molecule has 0 spiro atoms. The Balaban J connectivity index is 2.06. The van der Waals surface area contributed by atoms with E-state index < -0.39 is 0 Å². The summed E-state index contributed by atoms with van der Waals surface area (Å²) in [4.78, 5) is 4.37. The van der Waals surface area contributed by atoms with Crippen LogP contribution in [0.4, 0.5) is 0 Å². The third-order valence-corrected chi connectivity index (χ3v) is 3.41. The van der Waals surface area contributed by atoms with E-state index in [0.29, 0.717) is 5.41 Å². The van der Waals surface area contributed by atoms with Crippen molar-refractivity contribution in [1.29, 1.82) is 0 Å². The first-order valence-electron chi connectivity index (χ1n) is 5.87. The number of hydrogen-bond donors (Lipinski definition) is 1. The van der Waals surface area contributed by atoms with Gasteiger partial charge in [-0.15, -0.1) is 0 Å². The molecule has 1 aromatic rings. The molecule has 0 radical (unpaired) electrons. The van der Waals surface area contributed by atoms with Crippen molar-refractivity contribution in [2.24, 2.45) is 5.41 Å². The molecule has 0 aromatic carbocycles. The molecule has 1 aliphatic rings. The van der Waals surface area contributed by atoms with Crippen LogP contribution in [0.25, 0.3) is 0 Å². The highest BCUT2D eigenvalue weighted by Gasteiger charge is 2.36. The van der Waals surface area contributed by atoms with Gasteiger partial charge in [-0.3, -0.25) is 4.68 Å². The third kappa shape index (κ3) is 2.04. The molecule has 84 valence electrons. The van der Waals surface area contributed by atoms with Crippen molar-refractivity contribution >= 4 is 0 Å². The van der Waals surface area contributed by atoms with Crippen LogP contribution in [-0.4, -0.2) is 27.9 Å². The van der Waals surface area contributed by atoms with Gasteiger partial charge >= 0.3 is 0 Å². The largest absolute Gasteiger partial charge is 0.316 e. The fourth-order valence-electron chi connectivity index (χ4n) is 2.14. The lowest BCUT2D eigenvalue weighted by Crippen LogP contribution is -2.54. The van der Waals surface area contributed by atoms with Gasteiger partial charge in [-0.1, -0.05) is 13.8 Å². The summed E-state index contributed by atoms with van der Waals surface area (Å²) in [6.07, 6.45) is 5.09. The van der Waals surface area contributed by atoms with Gasteiger partial charge in [0.2, 0.25) is 0 Å². The molecule has 2 rings (SSSR count). The maximum absolute atomic E-state index is 4.37. The Kier molecular flexibility index (Phi) is 3.05. The van der Waals surface area contributed by atoms with Crippen LogP contribution in [0.3, 0.4) is 0 Å². The lowest BCUT2D eigenvalue weighted by atomic mass is 9.76. The van der Waals surface area contributed by atoms with E-state index in [4.69, 9.17) is 0 Å². The summed E-state index contributed by atoms with van der Waals surface area (Å²) in [5, 5.41) is 7.63. The summed E-state index contributed by atoms with van der Waals surface area (Å²) < 4.78 is 2.05. The first kappa shape index (κ1) is 10.6. The van der Waals surface area contributed by atoms with Gasteiger partial charge in [0.05, 0.1) is 0 Å². The summed E-state index contributed by atoms with van der Waals surface area (Å²) in [6.45, 7) is 7.68. The maximum Gasteiger partial charge on any atom is 0.138 e. The fraction of sp³-hybridized carbons (Fsp3) is 0.818. The van der Waals surface area contributed by atoms with Crippen LogP contribution in [0.2, 0.25) is 0 Å². The number of aryl methyl sites for hydroxylation is 1. The Morgan fingerprint density at radius 1 is 1.47 bits per heavy atom. The summed E-state index contributed by atoms with van der Waals surface area (Å²) >= 11 is 0. The summed E-state index contributed by atoms with van der Waals surface area (Å²) in [5.74, 6) is 1.15. The highest BCUT2D eigenvalue weighted by molar-refractivity contribution is 5.00. The number of hydrogen-bond acceptors (Lipinski definition) is 3. The Labute approximate surface area is 91.1 Å². The van der Waals surface area contributed by atoms with Gasteiger partial charge < -0.3 is 5.32 Å². The minimum atomic E-state index is 0.443. The van der Waals surface area contributed by atoms with Crippen molar-refractivity contribution in [3.8, 4) is 0 Å². The molecule has 2 heterocycles. The Bertz CT molecular complexity index is 309. The van der Waals surface area contributed by atoms with Crippen LogP contribution < -0.4 is 5.32 Å². The molecule has 4 heteroatoms. The second kappa shape index (κ2) is 4.31. The smallest absolute Gasteiger partial charge is 0.138 e. The second-order valence-electron chi connectivity index (χ2n) is 4.53. The molecule has 1 aromatic heterocycles. The quantitative estimate of drug-likeness (QED) is 0.791. The summed E-state index contributed by atoms with van der Waals surface area (Å²) in [7, 11) is 0. The molecule has 0 saturated carbocycles. The maximum atomic E-state index is 4.37. The lowest BCUT2D eigenvalue weighted by Gasteiger charge is -2.41. The van der Waals surface area contributed by atoms with Crippen LogP contribution >= 0.6 is 0 Å². The van der Waals surface area contributed by atoms with Gasteiger partial charge in [0.1, 0.15) is 12.2 Å². The van der Waals surface area contributed by atoms with Crippen molar-refractivity contribution in [3.05, 3.63) is 12.2 Å². The molecule has 0 bridgehead atoms. The predicted molar refractivity (Wildman–Crippen MR) is 59.6 cm³/mol.